The third kappa shape index (κ3) is 6.22. The van der Waals surface area contributed by atoms with E-state index in [2.05, 4.69) is 20.3 Å². The third-order valence-electron chi connectivity index (χ3n) is 5.43. The number of thiazole rings is 1. The predicted molar refractivity (Wildman–Crippen MR) is 124 cm³/mol. The number of aliphatic hydroxyl groups is 1. The van der Waals surface area contributed by atoms with E-state index in [0.717, 1.165) is 21.8 Å². The summed E-state index contributed by atoms with van der Waals surface area (Å²) in [6, 6.07) is -0.222. The van der Waals surface area contributed by atoms with Crippen molar-refractivity contribution in [3.63, 3.8) is 0 Å². The van der Waals surface area contributed by atoms with Crippen LogP contribution in [0.4, 0.5) is 19.1 Å². The van der Waals surface area contributed by atoms with Crippen molar-refractivity contribution in [1.29, 1.82) is 0 Å². The van der Waals surface area contributed by atoms with Gasteiger partial charge in [-0.25, -0.2) is 15.0 Å². The summed E-state index contributed by atoms with van der Waals surface area (Å²) in [4.78, 5) is 12.8. The number of nitrogens with one attached hydrogen (secondary N) is 1. The lowest BCUT2D eigenvalue weighted by molar-refractivity contribution is -0.137. The van der Waals surface area contributed by atoms with Gasteiger partial charge in [0.25, 0.3) is 10.2 Å². The zero-order chi connectivity index (χ0) is 25.5. The Labute approximate surface area is 201 Å². The van der Waals surface area contributed by atoms with Crippen molar-refractivity contribution in [3.05, 3.63) is 22.8 Å². The van der Waals surface area contributed by atoms with Crippen LogP contribution in [0.15, 0.2) is 12.4 Å². The minimum Gasteiger partial charge on any atom is -0.390 e. The SMILES string of the molecule is C[C@@H]1CN(S(=O)(=O)N(C)C)CC[C@@H]1Nc1ncc(C(F)(F)F)c(-c2ncc(CC(C)(C)O)s2)n1. The van der Waals surface area contributed by atoms with Crippen molar-refractivity contribution >= 4 is 27.5 Å². The average molecular weight is 523 g/mol. The zero-order valence-corrected chi connectivity index (χ0v) is 21.2. The number of nitrogens with zero attached hydrogens (tertiary/aromatic N) is 5. The monoisotopic (exact) mass is 522 g/mol. The van der Waals surface area contributed by atoms with Crippen LogP contribution >= 0.6 is 11.3 Å². The number of alkyl halides is 3. The van der Waals surface area contributed by atoms with Crippen LogP contribution in [-0.2, 0) is 22.8 Å². The molecule has 1 fully saturated rings. The van der Waals surface area contributed by atoms with Crippen LogP contribution in [0.1, 0.15) is 37.6 Å². The summed E-state index contributed by atoms with van der Waals surface area (Å²) in [5, 5.41) is 13.2. The maximum absolute atomic E-state index is 13.7. The maximum Gasteiger partial charge on any atom is 0.420 e. The predicted octanol–water partition coefficient (Wildman–Crippen LogP) is 2.86. The molecule has 0 radical (unpaired) electrons. The number of anilines is 1. The van der Waals surface area contributed by atoms with Crippen LogP contribution in [0.3, 0.4) is 0 Å². The van der Waals surface area contributed by atoms with E-state index in [4.69, 9.17) is 0 Å². The van der Waals surface area contributed by atoms with Gasteiger partial charge in [0.1, 0.15) is 16.3 Å². The molecule has 3 heterocycles. The first-order valence-electron chi connectivity index (χ1n) is 10.6. The molecule has 0 bridgehead atoms. The lowest BCUT2D eigenvalue weighted by Gasteiger charge is -2.37. The van der Waals surface area contributed by atoms with E-state index in [-0.39, 0.29) is 48.1 Å². The summed E-state index contributed by atoms with van der Waals surface area (Å²) in [5.74, 6) is -0.112. The van der Waals surface area contributed by atoms with Crippen molar-refractivity contribution < 1.29 is 26.7 Å². The Balaban J connectivity index is 1.85. The van der Waals surface area contributed by atoms with Gasteiger partial charge in [-0.3, -0.25) is 0 Å². The molecule has 9 nitrogen and oxygen atoms in total. The van der Waals surface area contributed by atoms with Crippen molar-refractivity contribution in [2.75, 3.05) is 32.5 Å². The Hall–Kier alpha value is -1.87. The van der Waals surface area contributed by atoms with Gasteiger partial charge < -0.3 is 10.4 Å². The smallest absolute Gasteiger partial charge is 0.390 e. The molecule has 0 aromatic carbocycles. The van der Waals surface area contributed by atoms with Crippen LogP contribution in [0, 0.1) is 5.92 Å². The van der Waals surface area contributed by atoms with E-state index in [0.29, 0.717) is 11.3 Å². The van der Waals surface area contributed by atoms with Gasteiger partial charge in [0, 0.05) is 56.9 Å². The minimum absolute atomic E-state index is 0.0167. The highest BCUT2D eigenvalue weighted by Crippen LogP contribution is 2.38. The molecule has 0 spiro atoms. The number of hydrogen-bond donors (Lipinski definition) is 2. The molecule has 14 heteroatoms. The highest BCUT2D eigenvalue weighted by atomic mass is 32.2. The van der Waals surface area contributed by atoms with E-state index in [1.807, 2.05) is 6.92 Å². The highest BCUT2D eigenvalue weighted by Gasteiger charge is 2.37. The highest BCUT2D eigenvalue weighted by molar-refractivity contribution is 7.86. The molecular formula is C20H29F3N6O3S2. The molecule has 1 aliphatic heterocycles. The first kappa shape index (κ1) is 26.7. The van der Waals surface area contributed by atoms with E-state index in [1.54, 1.807) is 13.8 Å². The topological polar surface area (TPSA) is 112 Å². The molecule has 2 N–H and O–H groups in total. The Morgan fingerprint density at radius 2 is 1.94 bits per heavy atom. The van der Waals surface area contributed by atoms with Crippen LogP contribution < -0.4 is 5.32 Å². The largest absolute Gasteiger partial charge is 0.420 e. The van der Waals surface area contributed by atoms with Crippen LogP contribution in [-0.4, -0.2) is 75.9 Å². The molecule has 3 rings (SSSR count). The second-order valence-electron chi connectivity index (χ2n) is 9.24. The molecule has 2 aromatic rings. The van der Waals surface area contributed by atoms with Crippen LogP contribution in [0.25, 0.3) is 10.7 Å². The minimum atomic E-state index is -4.67. The molecule has 0 unspecified atom stereocenters. The van der Waals surface area contributed by atoms with Gasteiger partial charge in [0.2, 0.25) is 5.95 Å². The second kappa shape index (κ2) is 9.64. The normalized spacial score (nSPS) is 20.6. The summed E-state index contributed by atoms with van der Waals surface area (Å²) in [6.45, 7) is 5.61. The van der Waals surface area contributed by atoms with Crippen molar-refractivity contribution in [2.45, 2.75) is 51.4 Å². The summed E-state index contributed by atoms with van der Waals surface area (Å²) in [5.41, 5.74) is -2.36. The molecule has 1 saturated heterocycles. The van der Waals surface area contributed by atoms with Crippen molar-refractivity contribution in [3.8, 4) is 10.7 Å². The zero-order valence-electron chi connectivity index (χ0n) is 19.6. The van der Waals surface area contributed by atoms with E-state index in [1.165, 1.54) is 24.6 Å². The summed E-state index contributed by atoms with van der Waals surface area (Å²) >= 11 is 1.04. The third-order valence-corrected chi connectivity index (χ3v) is 8.34. The molecule has 190 valence electrons. The number of halogens is 3. The second-order valence-corrected chi connectivity index (χ2v) is 12.5. The van der Waals surface area contributed by atoms with Gasteiger partial charge in [-0.2, -0.15) is 30.2 Å². The lowest BCUT2D eigenvalue weighted by Crippen LogP contribution is -2.50. The fourth-order valence-electron chi connectivity index (χ4n) is 3.68. The Kier molecular flexibility index (Phi) is 7.58. The van der Waals surface area contributed by atoms with Crippen molar-refractivity contribution in [1.82, 2.24) is 23.6 Å². The first-order chi connectivity index (χ1) is 15.6. The molecule has 0 saturated carbocycles. The van der Waals surface area contributed by atoms with E-state index in [9.17, 15) is 26.7 Å². The standard InChI is InChI=1S/C20H29F3N6O3S2/c1-12-11-29(34(31,32)28(4)5)7-6-15(12)26-18-25-10-14(20(21,22)23)16(27-18)17-24-9-13(33-17)8-19(2,3)30/h9-10,12,15,30H,6-8,11H2,1-5H3,(H,25,26,27)/t12-,15+/m1/s1. The fraction of sp³-hybridized carbons (Fsp3) is 0.650. The van der Waals surface area contributed by atoms with Gasteiger partial charge in [0.05, 0.1) is 5.60 Å². The van der Waals surface area contributed by atoms with Gasteiger partial charge in [-0.05, 0) is 26.2 Å². The van der Waals surface area contributed by atoms with E-state index >= 15 is 0 Å². The summed E-state index contributed by atoms with van der Waals surface area (Å²) in [7, 11) is -0.615. The Bertz CT molecular complexity index is 1120. The molecule has 2 atom stereocenters. The van der Waals surface area contributed by atoms with Gasteiger partial charge in [0.15, 0.2) is 0 Å². The number of rotatable bonds is 7. The molecule has 0 amide bonds. The summed E-state index contributed by atoms with van der Waals surface area (Å²) < 4.78 is 68.3. The number of hydrogen-bond acceptors (Lipinski definition) is 8. The molecule has 0 aliphatic carbocycles. The average Bonchev–Trinajstić information content (AvgIpc) is 3.15. The quantitative estimate of drug-likeness (QED) is 0.575. The number of piperidine rings is 1. The molecular weight excluding hydrogens is 493 g/mol. The van der Waals surface area contributed by atoms with Gasteiger partial charge >= 0.3 is 6.18 Å². The van der Waals surface area contributed by atoms with Gasteiger partial charge in [-0.15, -0.1) is 11.3 Å². The van der Waals surface area contributed by atoms with E-state index < -0.39 is 27.6 Å². The number of aromatic nitrogens is 3. The first-order valence-corrected chi connectivity index (χ1v) is 12.8. The Morgan fingerprint density at radius 1 is 1.26 bits per heavy atom. The maximum atomic E-state index is 13.7. The van der Waals surface area contributed by atoms with Crippen LogP contribution in [0.5, 0.6) is 0 Å². The molecule has 34 heavy (non-hydrogen) atoms. The van der Waals surface area contributed by atoms with Gasteiger partial charge in [-0.1, -0.05) is 6.92 Å². The fourth-order valence-corrected chi connectivity index (χ4v) is 6.03. The Morgan fingerprint density at radius 3 is 2.50 bits per heavy atom. The summed E-state index contributed by atoms with van der Waals surface area (Å²) in [6.07, 6.45) is -1.81. The van der Waals surface area contributed by atoms with Crippen LogP contribution in [0.2, 0.25) is 0 Å². The van der Waals surface area contributed by atoms with Crippen molar-refractivity contribution in [2.24, 2.45) is 5.92 Å². The molecule has 2 aromatic heterocycles. The molecule has 1 aliphatic rings. The lowest BCUT2D eigenvalue weighted by atomic mass is 9.95.